The molecule has 0 aliphatic carbocycles. The summed E-state index contributed by atoms with van der Waals surface area (Å²) in [7, 11) is 0. The molecule has 0 saturated carbocycles. The highest BCUT2D eigenvalue weighted by Crippen LogP contribution is 2.15. The van der Waals surface area contributed by atoms with Crippen LogP contribution >= 0.6 is 0 Å². The topological polar surface area (TPSA) is 72.9 Å². The third-order valence-electron chi connectivity index (χ3n) is 2.41. The molecule has 0 spiro atoms. The van der Waals surface area contributed by atoms with Crippen molar-refractivity contribution in [3.63, 3.8) is 0 Å². The minimum atomic E-state index is -0.415. The summed E-state index contributed by atoms with van der Waals surface area (Å²) in [5.41, 5.74) is 0.574. The first-order valence-corrected chi connectivity index (χ1v) is 4.96. The van der Waals surface area contributed by atoms with Crippen molar-refractivity contribution in [2.75, 3.05) is 24.6 Å². The molecular formula is C11H10N4O. The van der Waals surface area contributed by atoms with Crippen molar-refractivity contribution >= 4 is 5.82 Å². The van der Waals surface area contributed by atoms with E-state index in [9.17, 15) is 0 Å². The Bertz CT molecular complexity index is 460. The fourth-order valence-corrected chi connectivity index (χ4v) is 1.60. The molecule has 1 aromatic heterocycles. The van der Waals surface area contributed by atoms with Crippen LogP contribution in [0.15, 0.2) is 18.3 Å². The largest absolute Gasteiger partial charge is 0.360 e. The van der Waals surface area contributed by atoms with Gasteiger partial charge < -0.3 is 9.64 Å². The van der Waals surface area contributed by atoms with Crippen molar-refractivity contribution in [2.24, 2.45) is 0 Å². The van der Waals surface area contributed by atoms with Crippen molar-refractivity contribution in [3.05, 3.63) is 23.9 Å². The van der Waals surface area contributed by atoms with E-state index in [0.717, 1.165) is 5.82 Å². The van der Waals surface area contributed by atoms with E-state index in [-0.39, 0.29) is 0 Å². The molecule has 1 unspecified atom stereocenters. The maximum atomic E-state index is 8.79. The van der Waals surface area contributed by atoms with Gasteiger partial charge in [-0.3, -0.25) is 0 Å². The van der Waals surface area contributed by atoms with Crippen LogP contribution in [0.5, 0.6) is 0 Å². The number of ether oxygens (including phenoxy) is 1. The van der Waals surface area contributed by atoms with Gasteiger partial charge in [-0.25, -0.2) is 4.98 Å². The second kappa shape index (κ2) is 4.61. The van der Waals surface area contributed by atoms with Gasteiger partial charge in [0.05, 0.1) is 30.9 Å². The molecule has 5 nitrogen and oxygen atoms in total. The minimum absolute atomic E-state index is 0.415. The third kappa shape index (κ3) is 2.10. The molecule has 0 amide bonds. The summed E-state index contributed by atoms with van der Waals surface area (Å²) in [6, 6.07) is 7.52. The average molecular weight is 214 g/mol. The summed E-state index contributed by atoms with van der Waals surface area (Å²) in [6.45, 7) is 1.70. The SMILES string of the molecule is N#Cc1ccnc(N2CCOC(C#N)C2)c1. The highest BCUT2D eigenvalue weighted by Gasteiger charge is 2.20. The molecule has 80 valence electrons. The number of pyridine rings is 1. The summed E-state index contributed by atoms with van der Waals surface area (Å²) in [4.78, 5) is 6.15. The standard InChI is InChI=1S/C11H10N4O/c12-6-9-1-2-14-11(5-9)15-3-4-16-10(7-13)8-15/h1-2,5,10H,3-4,8H2. The molecule has 1 fully saturated rings. The van der Waals surface area contributed by atoms with E-state index < -0.39 is 6.10 Å². The maximum absolute atomic E-state index is 8.79. The lowest BCUT2D eigenvalue weighted by Gasteiger charge is -2.30. The summed E-state index contributed by atoms with van der Waals surface area (Å²) in [5, 5.41) is 17.6. The number of hydrogen-bond acceptors (Lipinski definition) is 5. The van der Waals surface area contributed by atoms with Crippen LogP contribution in [-0.4, -0.2) is 30.8 Å². The Morgan fingerprint density at radius 3 is 3.12 bits per heavy atom. The molecule has 0 bridgehead atoms. The molecule has 0 radical (unpaired) electrons. The van der Waals surface area contributed by atoms with E-state index in [2.05, 4.69) is 17.1 Å². The molecule has 1 aromatic rings. The number of rotatable bonds is 1. The van der Waals surface area contributed by atoms with Gasteiger partial charge >= 0.3 is 0 Å². The van der Waals surface area contributed by atoms with Gasteiger partial charge in [-0.05, 0) is 12.1 Å². The van der Waals surface area contributed by atoms with Crippen LogP contribution < -0.4 is 4.90 Å². The highest BCUT2D eigenvalue weighted by atomic mass is 16.5. The van der Waals surface area contributed by atoms with Crippen molar-refractivity contribution in [3.8, 4) is 12.1 Å². The summed E-state index contributed by atoms with van der Waals surface area (Å²) in [6.07, 6.45) is 1.19. The van der Waals surface area contributed by atoms with Gasteiger partial charge in [-0.15, -0.1) is 0 Å². The number of hydrogen-bond donors (Lipinski definition) is 0. The van der Waals surface area contributed by atoms with E-state index in [1.807, 2.05) is 4.90 Å². The van der Waals surface area contributed by atoms with Crippen LogP contribution in [0.2, 0.25) is 0 Å². The van der Waals surface area contributed by atoms with E-state index >= 15 is 0 Å². The van der Waals surface area contributed by atoms with Gasteiger partial charge in [0.1, 0.15) is 5.82 Å². The summed E-state index contributed by atoms with van der Waals surface area (Å²) in [5.74, 6) is 0.725. The Labute approximate surface area is 93.5 Å². The van der Waals surface area contributed by atoms with Gasteiger partial charge in [0, 0.05) is 12.7 Å². The van der Waals surface area contributed by atoms with Gasteiger partial charge in [0.15, 0.2) is 6.10 Å². The lowest BCUT2D eigenvalue weighted by atomic mass is 10.2. The molecule has 16 heavy (non-hydrogen) atoms. The van der Waals surface area contributed by atoms with Crippen LogP contribution in [0, 0.1) is 22.7 Å². The van der Waals surface area contributed by atoms with Crippen molar-refractivity contribution in [1.29, 1.82) is 10.5 Å². The summed E-state index contributed by atoms with van der Waals surface area (Å²) >= 11 is 0. The molecular weight excluding hydrogens is 204 g/mol. The fourth-order valence-electron chi connectivity index (χ4n) is 1.60. The van der Waals surface area contributed by atoms with Crippen LogP contribution in [0.25, 0.3) is 0 Å². The second-order valence-corrected chi connectivity index (χ2v) is 3.45. The average Bonchev–Trinajstić information content (AvgIpc) is 2.39. The first-order chi connectivity index (χ1) is 7.83. The van der Waals surface area contributed by atoms with Crippen LogP contribution in [-0.2, 0) is 4.74 Å². The first-order valence-electron chi connectivity index (χ1n) is 4.96. The van der Waals surface area contributed by atoms with Gasteiger partial charge in [0.2, 0.25) is 0 Å². The summed E-state index contributed by atoms with van der Waals surface area (Å²) < 4.78 is 5.24. The maximum Gasteiger partial charge on any atom is 0.161 e. The molecule has 5 heteroatoms. The fraction of sp³-hybridized carbons (Fsp3) is 0.364. The van der Waals surface area contributed by atoms with Crippen molar-refractivity contribution in [2.45, 2.75) is 6.10 Å². The Morgan fingerprint density at radius 2 is 2.38 bits per heavy atom. The molecule has 2 rings (SSSR count). The zero-order chi connectivity index (χ0) is 11.4. The lowest BCUT2D eigenvalue weighted by molar-refractivity contribution is 0.0761. The molecule has 1 atom stereocenters. The molecule has 1 aliphatic rings. The number of nitrogens with zero attached hydrogens (tertiary/aromatic N) is 4. The van der Waals surface area contributed by atoms with Crippen LogP contribution in [0.1, 0.15) is 5.56 Å². The normalized spacial score (nSPS) is 19.9. The van der Waals surface area contributed by atoms with Crippen molar-refractivity contribution in [1.82, 2.24) is 4.98 Å². The lowest BCUT2D eigenvalue weighted by Crippen LogP contribution is -2.42. The monoisotopic (exact) mass is 214 g/mol. The highest BCUT2D eigenvalue weighted by molar-refractivity contribution is 5.45. The quantitative estimate of drug-likeness (QED) is 0.687. The Hall–Kier alpha value is -2.11. The Morgan fingerprint density at radius 1 is 1.50 bits per heavy atom. The third-order valence-corrected chi connectivity index (χ3v) is 2.41. The molecule has 1 saturated heterocycles. The van der Waals surface area contributed by atoms with E-state index in [1.54, 1.807) is 18.3 Å². The number of morpholine rings is 1. The van der Waals surface area contributed by atoms with E-state index in [0.29, 0.717) is 25.3 Å². The van der Waals surface area contributed by atoms with Gasteiger partial charge in [0.25, 0.3) is 0 Å². The predicted molar refractivity (Wildman–Crippen MR) is 56.5 cm³/mol. The minimum Gasteiger partial charge on any atom is -0.360 e. The van der Waals surface area contributed by atoms with Gasteiger partial charge in [-0.1, -0.05) is 0 Å². The molecule has 0 aromatic carbocycles. The predicted octanol–water partition coefficient (Wildman–Crippen LogP) is 0.682. The zero-order valence-corrected chi connectivity index (χ0v) is 8.63. The number of aromatic nitrogens is 1. The Balaban J connectivity index is 2.18. The van der Waals surface area contributed by atoms with Gasteiger partial charge in [-0.2, -0.15) is 10.5 Å². The van der Waals surface area contributed by atoms with E-state index in [1.165, 1.54) is 0 Å². The van der Waals surface area contributed by atoms with E-state index in [4.69, 9.17) is 15.3 Å². The smallest absolute Gasteiger partial charge is 0.161 e. The first kappa shape index (κ1) is 10.4. The van der Waals surface area contributed by atoms with Crippen molar-refractivity contribution < 1.29 is 4.74 Å². The number of nitriles is 2. The molecule has 2 heterocycles. The molecule has 0 N–H and O–H groups in total. The zero-order valence-electron chi connectivity index (χ0n) is 8.63. The van der Waals surface area contributed by atoms with Crippen LogP contribution in [0.4, 0.5) is 5.82 Å². The Kier molecular flexibility index (Phi) is 3.00. The van der Waals surface area contributed by atoms with Crippen LogP contribution in [0.3, 0.4) is 0 Å². The number of anilines is 1. The molecule has 1 aliphatic heterocycles. The second-order valence-electron chi connectivity index (χ2n) is 3.45.